The van der Waals surface area contributed by atoms with Gasteiger partial charge in [-0.2, -0.15) is 0 Å². The van der Waals surface area contributed by atoms with Crippen molar-refractivity contribution < 1.29 is 19.4 Å². The highest BCUT2D eigenvalue weighted by molar-refractivity contribution is 5.79. The van der Waals surface area contributed by atoms with Crippen LogP contribution in [0, 0.1) is 0 Å². The van der Waals surface area contributed by atoms with Gasteiger partial charge in [-0.05, 0) is 47.1 Å². The van der Waals surface area contributed by atoms with E-state index in [4.69, 9.17) is 9.84 Å². The lowest BCUT2D eigenvalue weighted by Crippen LogP contribution is -2.48. The van der Waals surface area contributed by atoms with Crippen molar-refractivity contribution in [3.05, 3.63) is 59.2 Å². The van der Waals surface area contributed by atoms with E-state index in [-0.39, 0.29) is 19.1 Å². The van der Waals surface area contributed by atoms with Crippen LogP contribution in [0.1, 0.15) is 29.5 Å². The summed E-state index contributed by atoms with van der Waals surface area (Å²) in [5, 5.41) is 9.05. The lowest BCUT2D eigenvalue weighted by molar-refractivity contribution is -0.159. The van der Waals surface area contributed by atoms with Crippen LogP contribution in [0.2, 0.25) is 0 Å². The van der Waals surface area contributed by atoms with Gasteiger partial charge in [0, 0.05) is 13.0 Å². The van der Waals surface area contributed by atoms with Crippen molar-refractivity contribution in [1.29, 1.82) is 0 Å². The normalized spacial score (nSPS) is 18.1. The average Bonchev–Trinajstić information content (AvgIpc) is 3.06. The summed E-state index contributed by atoms with van der Waals surface area (Å²) in [5.74, 6) is -0.998. The number of amides is 1. The number of benzene rings is 2. The minimum absolute atomic E-state index is 0.0102. The highest BCUT2D eigenvalue weighted by Gasteiger charge is 2.28. The average molecular weight is 365 g/mol. The van der Waals surface area contributed by atoms with Crippen LogP contribution in [-0.4, -0.2) is 47.7 Å². The monoisotopic (exact) mass is 365 g/mol. The molecule has 2 aliphatic rings. The molecule has 0 saturated carbocycles. The fourth-order valence-electron chi connectivity index (χ4n) is 3.95. The second kappa shape index (κ2) is 7.53. The molecule has 0 bridgehead atoms. The minimum atomic E-state index is -1.01. The van der Waals surface area contributed by atoms with E-state index in [0.29, 0.717) is 13.0 Å². The maximum Gasteiger partial charge on any atom is 0.334 e. The molecule has 4 rings (SSSR count). The molecule has 1 N–H and O–H groups in total. The molecule has 140 valence electrons. The SMILES string of the molecule is O=C(O)C1CN(C(=O)CCCc2ccc3c(c2)-c2ccccc2C3)CCO1. The number of morpholine rings is 1. The highest BCUT2D eigenvalue weighted by Crippen LogP contribution is 2.37. The van der Waals surface area contributed by atoms with E-state index in [2.05, 4.69) is 42.5 Å². The lowest BCUT2D eigenvalue weighted by Gasteiger charge is -2.31. The third-order valence-electron chi connectivity index (χ3n) is 5.41. The Balaban J connectivity index is 1.34. The van der Waals surface area contributed by atoms with Crippen LogP contribution in [0.15, 0.2) is 42.5 Å². The first-order valence-corrected chi connectivity index (χ1v) is 9.44. The molecule has 1 aliphatic heterocycles. The van der Waals surface area contributed by atoms with E-state index in [1.165, 1.54) is 27.8 Å². The number of carbonyl (C=O) groups excluding carboxylic acids is 1. The van der Waals surface area contributed by atoms with E-state index in [9.17, 15) is 9.59 Å². The molecule has 0 aromatic heterocycles. The van der Waals surface area contributed by atoms with Gasteiger partial charge in [-0.3, -0.25) is 4.79 Å². The van der Waals surface area contributed by atoms with E-state index in [0.717, 1.165) is 19.3 Å². The number of hydrogen-bond donors (Lipinski definition) is 1. The Morgan fingerprint density at radius 3 is 2.78 bits per heavy atom. The second-order valence-corrected chi connectivity index (χ2v) is 7.22. The summed E-state index contributed by atoms with van der Waals surface area (Å²) in [4.78, 5) is 25.0. The number of hydrogen-bond acceptors (Lipinski definition) is 3. The summed E-state index contributed by atoms with van der Waals surface area (Å²) in [6.45, 7) is 0.898. The molecular formula is C22H23NO4. The lowest BCUT2D eigenvalue weighted by atomic mass is 10.00. The third kappa shape index (κ3) is 3.74. The summed E-state index contributed by atoms with van der Waals surface area (Å²) < 4.78 is 5.17. The van der Waals surface area contributed by atoms with E-state index in [1.807, 2.05) is 0 Å². The zero-order valence-electron chi connectivity index (χ0n) is 15.2. The number of nitrogens with zero attached hydrogens (tertiary/aromatic N) is 1. The fraction of sp³-hybridized carbons (Fsp3) is 0.364. The third-order valence-corrected chi connectivity index (χ3v) is 5.41. The Hall–Kier alpha value is -2.66. The number of rotatable bonds is 5. The van der Waals surface area contributed by atoms with Gasteiger partial charge < -0.3 is 14.7 Å². The first-order chi connectivity index (χ1) is 13.1. The summed E-state index contributed by atoms with van der Waals surface area (Å²) in [6, 6.07) is 15.1. The molecule has 1 fully saturated rings. The van der Waals surface area contributed by atoms with Crippen LogP contribution in [-0.2, 0) is 27.2 Å². The topological polar surface area (TPSA) is 66.8 Å². The molecule has 2 aromatic rings. The Morgan fingerprint density at radius 1 is 1.11 bits per heavy atom. The number of fused-ring (bicyclic) bond motifs is 3. The number of carbonyl (C=O) groups is 2. The molecule has 5 heteroatoms. The fourth-order valence-corrected chi connectivity index (χ4v) is 3.95. The zero-order valence-corrected chi connectivity index (χ0v) is 15.2. The number of carboxylic acid groups (broad SMARTS) is 1. The largest absolute Gasteiger partial charge is 0.479 e. The number of carboxylic acids is 1. The van der Waals surface area contributed by atoms with Crippen molar-refractivity contribution in [3.8, 4) is 11.1 Å². The van der Waals surface area contributed by atoms with Gasteiger partial charge in [0.2, 0.25) is 5.91 Å². The summed E-state index contributed by atoms with van der Waals surface area (Å²) in [6.07, 6.45) is 2.12. The quantitative estimate of drug-likeness (QED) is 0.755. The molecule has 1 saturated heterocycles. The molecule has 1 amide bonds. The Labute approximate surface area is 158 Å². The Bertz CT molecular complexity index is 876. The molecule has 2 aromatic carbocycles. The Morgan fingerprint density at radius 2 is 1.93 bits per heavy atom. The van der Waals surface area contributed by atoms with Gasteiger partial charge in [0.25, 0.3) is 0 Å². The van der Waals surface area contributed by atoms with Crippen molar-refractivity contribution in [2.75, 3.05) is 19.7 Å². The first kappa shape index (κ1) is 17.7. The van der Waals surface area contributed by atoms with Crippen LogP contribution in [0.5, 0.6) is 0 Å². The molecule has 1 atom stereocenters. The van der Waals surface area contributed by atoms with Gasteiger partial charge in [-0.1, -0.05) is 42.5 Å². The minimum Gasteiger partial charge on any atom is -0.479 e. The predicted octanol–water partition coefficient (Wildman–Crippen LogP) is 2.89. The Kier molecular flexibility index (Phi) is 4.94. The van der Waals surface area contributed by atoms with Gasteiger partial charge in [0.15, 0.2) is 6.10 Å². The molecule has 0 radical (unpaired) electrons. The van der Waals surface area contributed by atoms with Gasteiger partial charge in [-0.15, -0.1) is 0 Å². The van der Waals surface area contributed by atoms with Crippen molar-refractivity contribution >= 4 is 11.9 Å². The van der Waals surface area contributed by atoms with Crippen LogP contribution in [0.25, 0.3) is 11.1 Å². The van der Waals surface area contributed by atoms with Gasteiger partial charge >= 0.3 is 5.97 Å². The van der Waals surface area contributed by atoms with Crippen LogP contribution in [0.3, 0.4) is 0 Å². The van der Waals surface area contributed by atoms with Gasteiger partial charge in [0.1, 0.15) is 0 Å². The summed E-state index contributed by atoms with van der Waals surface area (Å²) >= 11 is 0. The standard InChI is InChI=1S/C22H23NO4/c24-21(23-10-11-27-20(14-23)22(25)26)7-3-4-15-8-9-17-13-16-5-1-2-6-18(16)19(17)12-15/h1-2,5-6,8-9,12,20H,3-4,7,10-11,13-14H2,(H,25,26). The van der Waals surface area contributed by atoms with E-state index < -0.39 is 12.1 Å². The molecular weight excluding hydrogens is 342 g/mol. The van der Waals surface area contributed by atoms with Crippen LogP contribution < -0.4 is 0 Å². The first-order valence-electron chi connectivity index (χ1n) is 9.44. The summed E-state index contributed by atoms with van der Waals surface area (Å²) in [5.41, 5.74) is 6.61. The van der Waals surface area contributed by atoms with Gasteiger partial charge in [0.05, 0.1) is 13.2 Å². The van der Waals surface area contributed by atoms with Gasteiger partial charge in [-0.25, -0.2) is 4.79 Å². The van der Waals surface area contributed by atoms with Crippen molar-refractivity contribution in [2.24, 2.45) is 0 Å². The van der Waals surface area contributed by atoms with Crippen molar-refractivity contribution in [3.63, 3.8) is 0 Å². The molecule has 0 spiro atoms. The number of aliphatic carboxylic acids is 1. The van der Waals surface area contributed by atoms with E-state index >= 15 is 0 Å². The molecule has 1 aliphatic carbocycles. The number of ether oxygens (including phenoxy) is 1. The molecule has 1 unspecified atom stereocenters. The van der Waals surface area contributed by atoms with Crippen molar-refractivity contribution in [1.82, 2.24) is 4.90 Å². The molecule has 1 heterocycles. The van der Waals surface area contributed by atoms with Crippen molar-refractivity contribution in [2.45, 2.75) is 31.8 Å². The highest BCUT2D eigenvalue weighted by atomic mass is 16.5. The maximum absolute atomic E-state index is 12.4. The predicted molar refractivity (Wildman–Crippen MR) is 102 cm³/mol. The second-order valence-electron chi connectivity index (χ2n) is 7.22. The van der Waals surface area contributed by atoms with Crippen LogP contribution in [0.4, 0.5) is 0 Å². The zero-order chi connectivity index (χ0) is 18.8. The smallest absolute Gasteiger partial charge is 0.334 e. The molecule has 27 heavy (non-hydrogen) atoms. The van der Waals surface area contributed by atoms with E-state index in [1.54, 1.807) is 4.90 Å². The number of aryl methyl sites for hydroxylation is 1. The molecule has 5 nitrogen and oxygen atoms in total. The summed E-state index contributed by atoms with van der Waals surface area (Å²) in [7, 11) is 0. The van der Waals surface area contributed by atoms with Crippen LogP contribution >= 0.6 is 0 Å². The maximum atomic E-state index is 12.4.